The molecule has 0 atom stereocenters. The largest absolute Gasteiger partial charge is 0.433 e. The summed E-state index contributed by atoms with van der Waals surface area (Å²) in [6, 6.07) is 10.2. The van der Waals surface area contributed by atoms with Gasteiger partial charge < -0.3 is 10.6 Å². The maximum absolute atomic E-state index is 12.6. The van der Waals surface area contributed by atoms with Crippen LogP contribution in [0.5, 0.6) is 0 Å². The van der Waals surface area contributed by atoms with Crippen molar-refractivity contribution in [1.29, 1.82) is 0 Å². The van der Waals surface area contributed by atoms with E-state index in [1.165, 1.54) is 23.4 Å². The number of hydrogen-bond donors (Lipinski definition) is 2. The molecule has 2 N–H and O–H groups in total. The Morgan fingerprint density at radius 1 is 1.00 bits per heavy atom. The fourth-order valence-corrected chi connectivity index (χ4v) is 3.08. The van der Waals surface area contributed by atoms with Crippen molar-refractivity contribution in [3.63, 3.8) is 0 Å². The molecular formula is C21H22F3N5. The second kappa shape index (κ2) is 7.90. The van der Waals surface area contributed by atoms with Gasteiger partial charge in [0.2, 0.25) is 0 Å². The van der Waals surface area contributed by atoms with Crippen LogP contribution in [0.3, 0.4) is 0 Å². The van der Waals surface area contributed by atoms with E-state index >= 15 is 0 Å². The lowest BCUT2D eigenvalue weighted by Crippen LogP contribution is -2.09. The monoisotopic (exact) mass is 401 g/mol. The van der Waals surface area contributed by atoms with Gasteiger partial charge in [-0.25, -0.2) is 9.97 Å². The SMILES string of the molecule is FC(F)(F)c1ccc(CNc2ccc(CC3=CNc4ncccc4C3)cn2)cn1.[HH].[HH]. The molecule has 0 fully saturated rings. The fourth-order valence-electron chi connectivity index (χ4n) is 3.08. The number of hydrogen-bond acceptors (Lipinski definition) is 5. The predicted octanol–water partition coefficient (Wildman–Crippen LogP) is 5.09. The summed E-state index contributed by atoms with van der Waals surface area (Å²) >= 11 is 0. The van der Waals surface area contributed by atoms with Gasteiger partial charge in [0.05, 0.1) is 0 Å². The first-order chi connectivity index (χ1) is 14.0. The molecule has 3 aromatic heterocycles. The average molecular weight is 401 g/mol. The molecule has 0 amide bonds. The molecule has 0 radical (unpaired) electrons. The van der Waals surface area contributed by atoms with E-state index in [1.54, 1.807) is 12.4 Å². The van der Waals surface area contributed by atoms with E-state index in [0.717, 1.165) is 30.3 Å². The Morgan fingerprint density at radius 3 is 2.55 bits per heavy atom. The second-order valence-electron chi connectivity index (χ2n) is 6.77. The molecule has 29 heavy (non-hydrogen) atoms. The van der Waals surface area contributed by atoms with Gasteiger partial charge >= 0.3 is 6.18 Å². The highest BCUT2D eigenvalue weighted by Crippen LogP contribution is 2.27. The molecule has 4 rings (SSSR count). The molecular weight excluding hydrogens is 379 g/mol. The van der Waals surface area contributed by atoms with Crippen molar-refractivity contribution in [1.82, 2.24) is 15.0 Å². The molecule has 0 aromatic carbocycles. The number of rotatable bonds is 5. The van der Waals surface area contributed by atoms with Crippen LogP contribution in [-0.4, -0.2) is 15.0 Å². The Kier molecular flexibility index (Phi) is 5.16. The maximum atomic E-state index is 12.6. The first-order valence-corrected chi connectivity index (χ1v) is 9.07. The van der Waals surface area contributed by atoms with Crippen molar-refractivity contribution in [3.8, 4) is 0 Å². The van der Waals surface area contributed by atoms with Gasteiger partial charge in [-0.1, -0.05) is 18.2 Å². The molecule has 0 saturated carbocycles. The Morgan fingerprint density at radius 2 is 1.83 bits per heavy atom. The lowest BCUT2D eigenvalue weighted by atomic mass is 9.98. The molecule has 0 saturated heterocycles. The lowest BCUT2D eigenvalue weighted by Gasteiger charge is -2.17. The van der Waals surface area contributed by atoms with Crippen LogP contribution in [0.4, 0.5) is 24.8 Å². The Labute approximate surface area is 168 Å². The zero-order valence-corrected chi connectivity index (χ0v) is 15.4. The zero-order chi connectivity index (χ0) is 20.3. The van der Waals surface area contributed by atoms with Gasteiger partial charge in [-0.2, -0.15) is 13.2 Å². The van der Waals surface area contributed by atoms with Crippen LogP contribution in [0.2, 0.25) is 0 Å². The van der Waals surface area contributed by atoms with Crippen molar-refractivity contribution >= 4 is 11.6 Å². The van der Waals surface area contributed by atoms with Crippen LogP contribution in [0.25, 0.3) is 0 Å². The van der Waals surface area contributed by atoms with Crippen LogP contribution in [0, 0.1) is 0 Å². The average Bonchev–Trinajstić information content (AvgIpc) is 2.73. The molecule has 8 heteroatoms. The first-order valence-electron chi connectivity index (χ1n) is 9.07. The number of halogens is 3. The maximum Gasteiger partial charge on any atom is 0.433 e. The third-order valence-corrected chi connectivity index (χ3v) is 4.57. The van der Waals surface area contributed by atoms with Crippen LogP contribution in [0.1, 0.15) is 25.2 Å². The Balaban J connectivity index is 0.00000171. The smallest absolute Gasteiger partial charge is 0.366 e. The van der Waals surface area contributed by atoms with E-state index in [-0.39, 0.29) is 2.85 Å². The van der Waals surface area contributed by atoms with E-state index in [4.69, 9.17) is 0 Å². The van der Waals surface area contributed by atoms with E-state index < -0.39 is 11.9 Å². The number of nitrogens with one attached hydrogen (secondary N) is 2. The minimum atomic E-state index is -4.43. The van der Waals surface area contributed by atoms with Gasteiger partial charge in [0.15, 0.2) is 0 Å². The number of pyridine rings is 3. The molecule has 0 aliphatic carbocycles. The minimum absolute atomic E-state index is 0. The highest BCUT2D eigenvalue weighted by atomic mass is 19.4. The number of alkyl halides is 3. The summed E-state index contributed by atoms with van der Waals surface area (Å²) in [5.74, 6) is 1.55. The lowest BCUT2D eigenvalue weighted by molar-refractivity contribution is -0.141. The van der Waals surface area contributed by atoms with Crippen molar-refractivity contribution in [2.75, 3.05) is 10.6 Å². The summed E-state index contributed by atoms with van der Waals surface area (Å²) in [7, 11) is 0. The number of fused-ring (bicyclic) bond motifs is 1. The van der Waals surface area contributed by atoms with Gasteiger partial charge in [0.25, 0.3) is 0 Å². The van der Waals surface area contributed by atoms with Crippen LogP contribution in [-0.2, 0) is 25.6 Å². The van der Waals surface area contributed by atoms with Gasteiger partial charge in [-0.05, 0) is 53.3 Å². The molecule has 0 bridgehead atoms. The summed E-state index contributed by atoms with van der Waals surface area (Å²) in [6.45, 7) is 0.344. The van der Waals surface area contributed by atoms with Gasteiger partial charge in [0.1, 0.15) is 17.3 Å². The van der Waals surface area contributed by atoms with Gasteiger partial charge in [-0.15, -0.1) is 0 Å². The predicted molar refractivity (Wildman–Crippen MR) is 108 cm³/mol. The summed E-state index contributed by atoms with van der Waals surface area (Å²) in [4.78, 5) is 12.1. The second-order valence-corrected chi connectivity index (χ2v) is 6.77. The highest BCUT2D eigenvalue weighted by molar-refractivity contribution is 5.52. The van der Waals surface area contributed by atoms with E-state index in [0.29, 0.717) is 17.9 Å². The quantitative estimate of drug-likeness (QED) is 0.624. The third-order valence-electron chi connectivity index (χ3n) is 4.57. The highest BCUT2D eigenvalue weighted by Gasteiger charge is 2.31. The van der Waals surface area contributed by atoms with Gasteiger partial charge in [0, 0.05) is 34.2 Å². The van der Waals surface area contributed by atoms with E-state index in [1.807, 2.05) is 24.4 Å². The molecule has 1 aliphatic rings. The Bertz CT molecular complexity index is 1020. The molecule has 4 heterocycles. The van der Waals surface area contributed by atoms with Crippen molar-refractivity contribution < 1.29 is 16.0 Å². The first kappa shape index (κ1) is 18.9. The molecule has 3 aromatic rings. The molecule has 0 spiro atoms. The van der Waals surface area contributed by atoms with Crippen LogP contribution >= 0.6 is 0 Å². The number of nitrogens with zero attached hydrogens (tertiary/aromatic N) is 3. The molecule has 0 unspecified atom stereocenters. The summed E-state index contributed by atoms with van der Waals surface area (Å²) < 4.78 is 37.7. The number of anilines is 2. The van der Waals surface area contributed by atoms with Crippen molar-refractivity contribution in [3.05, 3.63) is 89.1 Å². The minimum Gasteiger partial charge on any atom is -0.366 e. The zero-order valence-electron chi connectivity index (χ0n) is 15.4. The van der Waals surface area contributed by atoms with Gasteiger partial charge in [-0.3, -0.25) is 4.98 Å². The molecule has 5 nitrogen and oxygen atoms in total. The van der Waals surface area contributed by atoms with Crippen LogP contribution in [0.15, 0.2) is 66.8 Å². The topological polar surface area (TPSA) is 62.7 Å². The fraction of sp³-hybridized carbons (Fsp3) is 0.190. The third kappa shape index (κ3) is 4.71. The molecule has 1 aliphatic heterocycles. The Hall–Kier alpha value is -3.42. The summed E-state index contributed by atoms with van der Waals surface area (Å²) in [5.41, 5.74) is 3.24. The van der Waals surface area contributed by atoms with Crippen LogP contribution < -0.4 is 10.6 Å². The summed E-state index contributed by atoms with van der Waals surface area (Å²) in [5, 5.41) is 6.31. The van der Waals surface area contributed by atoms with E-state index in [2.05, 4.69) is 31.7 Å². The molecule has 152 valence electrons. The standard InChI is InChI=1S/C21H18F3N5.2H2/c22-21(23,24)18-5-3-15(11-26-18)12-28-19-6-4-14(10-27-19)8-16-9-17-2-1-7-25-20(17)29-13-16;;/h1-7,10-11,13H,8-9,12H2,(H,25,29)(H,27,28);2*1H. The van der Waals surface area contributed by atoms with E-state index in [9.17, 15) is 13.2 Å². The van der Waals surface area contributed by atoms with Crippen molar-refractivity contribution in [2.45, 2.75) is 25.6 Å². The normalized spacial score (nSPS) is 13.3. The number of allylic oxidation sites excluding steroid dienone is 1. The summed E-state index contributed by atoms with van der Waals surface area (Å²) in [6.07, 6.45) is 3.96. The number of aromatic nitrogens is 3. The van der Waals surface area contributed by atoms with Crippen molar-refractivity contribution in [2.24, 2.45) is 0 Å².